The molecule has 2 aliphatic heterocycles. The van der Waals surface area contributed by atoms with E-state index in [4.69, 9.17) is 0 Å². The summed E-state index contributed by atoms with van der Waals surface area (Å²) in [5, 5.41) is 0. The van der Waals surface area contributed by atoms with Crippen molar-refractivity contribution in [2.45, 2.75) is 44.3 Å². The number of rotatable bonds is 4. The Balaban J connectivity index is 1.47. The molecule has 0 N–H and O–H groups in total. The summed E-state index contributed by atoms with van der Waals surface area (Å²) in [6, 6.07) is 22.5. The van der Waals surface area contributed by atoms with Gasteiger partial charge in [-0.2, -0.15) is 0 Å². The SMILES string of the molecule is C[C@H](c1ccccc1)N1CCC2(CCCN2Cc2ccccc2)C1. The zero-order valence-corrected chi connectivity index (χ0v) is 14.7. The third kappa shape index (κ3) is 3.01. The highest BCUT2D eigenvalue weighted by Crippen LogP contribution is 2.41. The second-order valence-electron chi connectivity index (χ2n) is 7.54. The summed E-state index contributed by atoms with van der Waals surface area (Å²) in [5.74, 6) is 0. The van der Waals surface area contributed by atoms with Gasteiger partial charge in [-0.1, -0.05) is 60.7 Å². The summed E-state index contributed by atoms with van der Waals surface area (Å²) < 4.78 is 0. The fourth-order valence-corrected chi connectivity index (χ4v) is 4.67. The molecule has 2 nitrogen and oxygen atoms in total. The molecule has 0 bridgehead atoms. The first-order chi connectivity index (χ1) is 11.8. The van der Waals surface area contributed by atoms with Gasteiger partial charge in [0.15, 0.2) is 0 Å². The van der Waals surface area contributed by atoms with Gasteiger partial charge in [-0.05, 0) is 43.9 Å². The fraction of sp³-hybridized carbons (Fsp3) is 0.455. The Morgan fingerprint density at radius 2 is 1.62 bits per heavy atom. The van der Waals surface area contributed by atoms with E-state index in [2.05, 4.69) is 77.4 Å². The molecule has 2 atom stereocenters. The van der Waals surface area contributed by atoms with Crippen LogP contribution in [0.4, 0.5) is 0 Å². The molecule has 24 heavy (non-hydrogen) atoms. The lowest BCUT2D eigenvalue weighted by atomic mass is 9.94. The molecule has 2 aliphatic rings. The molecule has 2 saturated heterocycles. The topological polar surface area (TPSA) is 6.48 Å². The van der Waals surface area contributed by atoms with Crippen LogP contribution in [-0.4, -0.2) is 35.0 Å². The highest BCUT2D eigenvalue weighted by Gasteiger charge is 2.46. The molecule has 2 heteroatoms. The van der Waals surface area contributed by atoms with Crippen LogP contribution in [-0.2, 0) is 6.54 Å². The number of nitrogens with zero attached hydrogens (tertiary/aromatic N) is 2. The molecule has 0 amide bonds. The average Bonchev–Trinajstić information content (AvgIpc) is 3.24. The maximum Gasteiger partial charge on any atom is 0.0352 e. The smallest absolute Gasteiger partial charge is 0.0352 e. The van der Waals surface area contributed by atoms with Gasteiger partial charge in [0.05, 0.1) is 0 Å². The van der Waals surface area contributed by atoms with Crippen molar-refractivity contribution >= 4 is 0 Å². The summed E-state index contributed by atoms with van der Waals surface area (Å²) in [7, 11) is 0. The van der Waals surface area contributed by atoms with Crippen LogP contribution in [0.2, 0.25) is 0 Å². The standard InChI is InChI=1S/C22H28N2/c1-19(21-11-6-3-7-12-21)23-16-14-22(18-23)13-8-15-24(22)17-20-9-4-2-5-10-20/h2-7,9-12,19H,8,13-18H2,1H3/t19-,22?/m1/s1. The van der Waals surface area contributed by atoms with Crippen LogP contribution < -0.4 is 0 Å². The minimum absolute atomic E-state index is 0.402. The van der Waals surface area contributed by atoms with E-state index >= 15 is 0 Å². The molecule has 0 aromatic heterocycles. The van der Waals surface area contributed by atoms with Crippen molar-refractivity contribution in [2.75, 3.05) is 19.6 Å². The van der Waals surface area contributed by atoms with Crippen molar-refractivity contribution in [2.24, 2.45) is 0 Å². The van der Waals surface area contributed by atoms with Gasteiger partial charge < -0.3 is 0 Å². The molecule has 2 aromatic carbocycles. The normalized spacial score (nSPS) is 26.2. The number of likely N-dealkylation sites (tertiary alicyclic amines) is 2. The zero-order chi connectivity index (χ0) is 16.4. The lowest BCUT2D eigenvalue weighted by Crippen LogP contribution is -2.45. The van der Waals surface area contributed by atoms with Crippen molar-refractivity contribution in [1.29, 1.82) is 0 Å². The minimum Gasteiger partial charge on any atom is -0.295 e. The molecule has 1 unspecified atom stereocenters. The van der Waals surface area contributed by atoms with Crippen molar-refractivity contribution in [3.05, 3.63) is 71.8 Å². The summed E-state index contributed by atoms with van der Waals surface area (Å²) in [5.41, 5.74) is 3.30. The summed E-state index contributed by atoms with van der Waals surface area (Å²) in [6.07, 6.45) is 4.02. The average molecular weight is 320 g/mol. The van der Waals surface area contributed by atoms with Crippen molar-refractivity contribution in [3.8, 4) is 0 Å². The van der Waals surface area contributed by atoms with Gasteiger partial charge in [0.2, 0.25) is 0 Å². The van der Waals surface area contributed by atoms with Crippen LogP contribution in [0.25, 0.3) is 0 Å². The summed E-state index contributed by atoms with van der Waals surface area (Å²) >= 11 is 0. The van der Waals surface area contributed by atoms with E-state index < -0.39 is 0 Å². The molecule has 4 rings (SSSR count). The van der Waals surface area contributed by atoms with Gasteiger partial charge in [-0.15, -0.1) is 0 Å². The highest BCUT2D eigenvalue weighted by molar-refractivity contribution is 5.20. The number of benzene rings is 2. The van der Waals surface area contributed by atoms with Crippen LogP contribution in [0.3, 0.4) is 0 Å². The lowest BCUT2D eigenvalue weighted by Gasteiger charge is -2.36. The van der Waals surface area contributed by atoms with E-state index in [1.807, 2.05) is 0 Å². The second kappa shape index (κ2) is 6.70. The molecule has 0 aliphatic carbocycles. The third-order valence-electron chi connectivity index (χ3n) is 6.15. The Morgan fingerprint density at radius 3 is 2.38 bits per heavy atom. The van der Waals surface area contributed by atoms with E-state index in [-0.39, 0.29) is 0 Å². The first-order valence-electron chi connectivity index (χ1n) is 9.35. The Bertz CT molecular complexity index is 654. The lowest BCUT2D eigenvalue weighted by molar-refractivity contribution is 0.123. The van der Waals surface area contributed by atoms with E-state index in [0.29, 0.717) is 11.6 Å². The van der Waals surface area contributed by atoms with Crippen LogP contribution in [0.1, 0.15) is 43.4 Å². The van der Waals surface area contributed by atoms with Gasteiger partial charge in [-0.3, -0.25) is 9.80 Å². The molecular formula is C22H28N2. The summed E-state index contributed by atoms with van der Waals surface area (Å²) in [4.78, 5) is 5.46. The molecule has 0 radical (unpaired) electrons. The number of hydrogen-bond donors (Lipinski definition) is 0. The Hall–Kier alpha value is -1.64. The Morgan fingerprint density at radius 1 is 0.917 bits per heavy atom. The Kier molecular flexibility index (Phi) is 4.43. The zero-order valence-electron chi connectivity index (χ0n) is 14.7. The van der Waals surface area contributed by atoms with Crippen LogP contribution >= 0.6 is 0 Å². The first-order valence-corrected chi connectivity index (χ1v) is 9.35. The molecule has 2 aromatic rings. The second-order valence-corrected chi connectivity index (χ2v) is 7.54. The van der Waals surface area contributed by atoms with Crippen molar-refractivity contribution < 1.29 is 0 Å². The van der Waals surface area contributed by atoms with Gasteiger partial charge >= 0.3 is 0 Å². The molecule has 2 heterocycles. The minimum atomic E-state index is 0.402. The van der Waals surface area contributed by atoms with Gasteiger partial charge in [0.1, 0.15) is 0 Å². The molecule has 0 saturated carbocycles. The van der Waals surface area contributed by atoms with Gasteiger partial charge in [-0.25, -0.2) is 0 Å². The Labute approximate surface area is 146 Å². The van der Waals surface area contributed by atoms with Crippen LogP contribution in [0.15, 0.2) is 60.7 Å². The number of hydrogen-bond acceptors (Lipinski definition) is 2. The first kappa shape index (κ1) is 15.9. The van der Waals surface area contributed by atoms with Crippen molar-refractivity contribution in [3.63, 3.8) is 0 Å². The molecular weight excluding hydrogens is 292 g/mol. The quantitative estimate of drug-likeness (QED) is 0.819. The van der Waals surface area contributed by atoms with Gasteiger partial charge in [0, 0.05) is 31.2 Å². The third-order valence-corrected chi connectivity index (χ3v) is 6.15. The summed E-state index contributed by atoms with van der Waals surface area (Å²) in [6.45, 7) is 7.17. The molecule has 2 fully saturated rings. The molecule has 126 valence electrons. The molecule has 1 spiro atoms. The van der Waals surface area contributed by atoms with E-state index in [9.17, 15) is 0 Å². The van der Waals surface area contributed by atoms with E-state index in [1.54, 1.807) is 0 Å². The maximum absolute atomic E-state index is 2.76. The highest BCUT2D eigenvalue weighted by atomic mass is 15.3. The van der Waals surface area contributed by atoms with Crippen LogP contribution in [0.5, 0.6) is 0 Å². The monoisotopic (exact) mass is 320 g/mol. The largest absolute Gasteiger partial charge is 0.295 e. The van der Waals surface area contributed by atoms with E-state index in [1.165, 1.54) is 50.0 Å². The van der Waals surface area contributed by atoms with Crippen LogP contribution in [0, 0.1) is 0 Å². The fourth-order valence-electron chi connectivity index (χ4n) is 4.67. The van der Waals surface area contributed by atoms with Gasteiger partial charge in [0.25, 0.3) is 0 Å². The van der Waals surface area contributed by atoms with E-state index in [0.717, 1.165) is 6.54 Å². The predicted molar refractivity (Wildman–Crippen MR) is 99.9 cm³/mol. The van der Waals surface area contributed by atoms with Crippen molar-refractivity contribution in [1.82, 2.24) is 9.80 Å². The predicted octanol–water partition coefficient (Wildman–Crippen LogP) is 4.49. The maximum atomic E-state index is 2.76.